The Morgan fingerprint density at radius 2 is 1.69 bits per heavy atom. The number of thiophene rings is 1. The lowest BCUT2D eigenvalue weighted by atomic mass is 9.73. The minimum absolute atomic E-state index is 0.177. The number of fused-ring (bicyclic) bond motifs is 1. The summed E-state index contributed by atoms with van der Waals surface area (Å²) in [7, 11) is 4.92. The molecule has 1 aliphatic carbocycles. The van der Waals surface area contributed by atoms with Gasteiger partial charge in [-0.05, 0) is 47.2 Å². The highest BCUT2D eigenvalue weighted by molar-refractivity contribution is 7.10. The van der Waals surface area contributed by atoms with Gasteiger partial charge in [0.05, 0.1) is 21.3 Å². The maximum atomic E-state index is 13.6. The molecule has 0 saturated heterocycles. The number of rotatable bonds is 5. The molecule has 2 aliphatic rings. The van der Waals surface area contributed by atoms with Gasteiger partial charge in [-0.25, -0.2) is 0 Å². The van der Waals surface area contributed by atoms with E-state index in [2.05, 4.69) is 22.8 Å². The van der Waals surface area contributed by atoms with Crippen molar-refractivity contribution < 1.29 is 19.0 Å². The molecule has 3 aromatic rings. The monoisotopic (exact) mass is 447 g/mol. The third-order valence-electron chi connectivity index (χ3n) is 6.34. The van der Waals surface area contributed by atoms with Crippen LogP contribution >= 0.6 is 11.3 Å². The highest BCUT2D eigenvalue weighted by atomic mass is 32.1. The van der Waals surface area contributed by atoms with Crippen LogP contribution in [0.3, 0.4) is 0 Å². The van der Waals surface area contributed by atoms with Crippen molar-refractivity contribution in [2.75, 3.05) is 26.6 Å². The minimum atomic E-state index is -0.177. The Hall–Kier alpha value is -3.25. The number of carbonyl (C=O) groups excluding carboxylic acids is 1. The van der Waals surface area contributed by atoms with Crippen molar-refractivity contribution in [1.29, 1.82) is 0 Å². The molecule has 32 heavy (non-hydrogen) atoms. The number of methoxy groups -OCH3 is 3. The lowest BCUT2D eigenvalue weighted by Gasteiger charge is -2.36. The summed E-state index contributed by atoms with van der Waals surface area (Å²) < 4.78 is 16.5. The molecule has 2 heterocycles. The molecular formula is C26H25NO4S. The number of Topliss-reactive ketones (excluding diaryl/α,β-unsaturated/α-hetero) is 1. The van der Waals surface area contributed by atoms with Gasteiger partial charge in [-0.15, -0.1) is 11.3 Å². The number of nitrogens with one attached hydrogen (secondary N) is 1. The largest absolute Gasteiger partial charge is 0.497 e. The molecule has 0 saturated carbocycles. The number of carbonyl (C=O) groups is 1. The van der Waals surface area contributed by atoms with Gasteiger partial charge in [0.2, 0.25) is 0 Å². The van der Waals surface area contributed by atoms with Gasteiger partial charge in [0.25, 0.3) is 0 Å². The predicted molar refractivity (Wildman–Crippen MR) is 126 cm³/mol. The smallest absolute Gasteiger partial charge is 0.162 e. The Morgan fingerprint density at radius 1 is 0.938 bits per heavy atom. The second kappa shape index (κ2) is 8.36. The fourth-order valence-corrected chi connectivity index (χ4v) is 5.64. The first-order chi connectivity index (χ1) is 15.6. The standard InChI is InChI=1S/C26H25NO4S/c1-29-17-8-6-15(7-9-17)25-18-13-22(30-2)23(31-3)14-19(18)27-20-11-16(12-21(28)26(20)25)24-5-4-10-32-24/h4-10,13-14,16,25,27H,11-12H2,1-3H3/t16-,25+/m1/s1. The lowest BCUT2D eigenvalue weighted by Crippen LogP contribution is -2.29. The summed E-state index contributed by atoms with van der Waals surface area (Å²) in [6.07, 6.45) is 1.33. The summed E-state index contributed by atoms with van der Waals surface area (Å²) >= 11 is 1.72. The van der Waals surface area contributed by atoms with E-state index in [9.17, 15) is 4.79 Å². The molecule has 6 heteroatoms. The van der Waals surface area contributed by atoms with Crippen LogP contribution in [0, 0.1) is 0 Å². The van der Waals surface area contributed by atoms with Crippen molar-refractivity contribution >= 4 is 22.8 Å². The second-order valence-electron chi connectivity index (χ2n) is 8.06. The summed E-state index contributed by atoms with van der Waals surface area (Å²) in [6.45, 7) is 0. The molecule has 0 amide bonds. The first-order valence-electron chi connectivity index (χ1n) is 10.6. The van der Waals surface area contributed by atoms with Crippen LogP contribution in [-0.4, -0.2) is 27.1 Å². The summed E-state index contributed by atoms with van der Waals surface area (Å²) in [6, 6.07) is 16.1. The quantitative estimate of drug-likeness (QED) is 0.541. The van der Waals surface area contributed by atoms with Crippen LogP contribution in [-0.2, 0) is 4.79 Å². The molecule has 0 spiro atoms. The fourth-order valence-electron chi connectivity index (χ4n) is 4.81. The van der Waals surface area contributed by atoms with Crippen molar-refractivity contribution in [1.82, 2.24) is 0 Å². The van der Waals surface area contributed by atoms with Gasteiger partial charge < -0.3 is 19.5 Å². The average Bonchev–Trinajstić information content (AvgIpc) is 3.37. The van der Waals surface area contributed by atoms with Crippen molar-refractivity contribution in [2.45, 2.75) is 24.7 Å². The zero-order valence-electron chi connectivity index (χ0n) is 18.3. The number of anilines is 1. The van der Waals surface area contributed by atoms with Crippen LogP contribution in [0.2, 0.25) is 0 Å². The Bertz CT molecular complexity index is 1180. The highest BCUT2D eigenvalue weighted by Gasteiger charge is 2.39. The molecule has 0 unspecified atom stereocenters. The molecule has 164 valence electrons. The van der Waals surface area contributed by atoms with E-state index in [4.69, 9.17) is 14.2 Å². The molecule has 5 nitrogen and oxygen atoms in total. The van der Waals surface area contributed by atoms with E-state index < -0.39 is 0 Å². The zero-order valence-corrected chi connectivity index (χ0v) is 19.1. The first-order valence-corrected chi connectivity index (χ1v) is 11.5. The average molecular weight is 448 g/mol. The van der Waals surface area contributed by atoms with Crippen LogP contribution < -0.4 is 19.5 Å². The number of benzene rings is 2. The summed E-state index contributed by atoms with van der Waals surface area (Å²) in [5.41, 5.74) is 4.86. The summed E-state index contributed by atoms with van der Waals surface area (Å²) in [5, 5.41) is 5.65. The van der Waals surface area contributed by atoms with Gasteiger partial charge in [0, 0.05) is 46.2 Å². The van der Waals surface area contributed by atoms with E-state index in [-0.39, 0.29) is 17.6 Å². The van der Waals surface area contributed by atoms with E-state index in [1.165, 1.54) is 4.88 Å². The zero-order chi connectivity index (χ0) is 22.2. The molecule has 0 radical (unpaired) electrons. The second-order valence-corrected chi connectivity index (χ2v) is 9.04. The van der Waals surface area contributed by atoms with E-state index in [1.54, 1.807) is 32.7 Å². The Balaban J connectivity index is 1.66. The molecule has 1 aromatic heterocycles. The van der Waals surface area contributed by atoms with Gasteiger partial charge in [0.1, 0.15) is 5.75 Å². The number of ether oxygens (including phenoxy) is 3. The summed E-state index contributed by atoms with van der Waals surface area (Å²) in [4.78, 5) is 14.8. The van der Waals surface area contributed by atoms with Crippen molar-refractivity contribution in [3.63, 3.8) is 0 Å². The molecule has 0 fully saturated rings. The van der Waals surface area contributed by atoms with Crippen molar-refractivity contribution in [3.05, 3.63) is 81.2 Å². The van der Waals surface area contributed by atoms with Crippen LogP contribution in [0.5, 0.6) is 17.2 Å². The molecule has 5 rings (SSSR count). The Morgan fingerprint density at radius 3 is 2.34 bits per heavy atom. The van der Waals surface area contributed by atoms with Crippen LogP contribution in [0.25, 0.3) is 0 Å². The molecule has 0 bridgehead atoms. The molecule has 1 aliphatic heterocycles. The van der Waals surface area contributed by atoms with Gasteiger partial charge in [-0.3, -0.25) is 4.79 Å². The van der Waals surface area contributed by atoms with Crippen LogP contribution in [0.15, 0.2) is 65.2 Å². The van der Waals surface area contributed by atoms with Crippen LogP contribution in [0.1, 0.15) is 40.7 Å². The first kappa shape index (κ1) is 20.6. The van der Waals surface area contributed by atoms with E-state index in [1.807, 2.05) is 36.4 Å². The Labute approximate surface area is 191 Å². The minimum Gasteiger partial charge on any atom is -0.497 e. The van der Waals surface area contributed by atoms with E-state index in [0.717, 1.165) is 40.3 Å². The van der Waals surface area contributed by atoms with Crippen molar-refractivity contribution in [3.8, 4) is 17.2 Å². The van der Waals surface area contributed by atoms with Crippen molar-refractivity contribution in [2.24, 2.45) is 0 Å². The van der Waals surface area contributed by atoms with Gasteiger partial charge in [-0.1, -0.05) is 18.2 Å². The van der Waals surface area contributed by atoms with E-state index in [0.29, 0.717) is 17.9 Å². The third kappa shape index (κ3) is 3.45. The predicted octanol–water partition coefficient (Wildman–Crippen LogP) is 5.73. The van der Waals surface area contributed by atoms with E-state index >= 15 is 0 Å². The number of hydrogen-bond donors (Lipinski definition) is 1. The number of ketones is 1. The topological polar surface area (TPSA) is 56.8 Å². The molecular weight excluding hydrogens is 422 g/mol. The Kier molecular flexibility index (Phi) is 5.39. The van der Waals surface area contributed by atoms with Gasteiger partial charge in [0.15, 0.2) is 17.3 Å². The summed E-state index contributed by atoms with van der Waals surface area (Å²) in [5.74, 6) is 2.31. The maximum Gasteiger partial charge on any atom is 0.162 e. The molecule has 2 atom stereocenters. The van der Waals surface area contributed by atoms with Crippen LogP contribution in [0.4, 0.5) is 5.69 Å². The molecule has 1 N–H and O–H groups in total. The van der Waals surface area contributed by atoms with Gasteiger partial charge >= 0.3 is 0 Å². The van der Waals surface area contributed by atoms with Gasteiger partial charge in [-0.2, -0.15) is 0 Å². The molecule has 2 aromatic carbocycles. The highest BCUT2D eigenvalue weighted by Crippen LogP contribution is 2.50. The number of allylic oxidation sites excluding steroid dienone is 2. The third-order valence-corrected chi connectivity index (χ3v) is 7.38. The fraction of sp³-hybridized carbons (Fsp3) is 0.269. The maximum absolute atomic E-state index is 13.6. The SMILES string of the molecule is COc1ccc([C@@H]2C3=C(C[C@@H](c4cccs4)CC3=O)Nc3cc(OC)c(OC)cc32)cc1. The normalized spacial score (nSPS) is 19.7. The number of hydrogen-bond acceptors (Lipinski definition) is 6. The lowest BCUT2D eigenvalue weighted by molar-refractivity contribution is -0.116.